The van der Waals surface area contributed by atoms with E-state index < -0.39 is 90.3 Å². The standard InChI is InChI=1S/C44H78O16P2/c1-3-5-7-8-9-10-11-12-13-14-15-16-17-18-23-27-43(49)56-34-38(35-59-62(54,55)58-33-37(46)32-57-61(51,52)53)60-44(50)28-24-20-19-22-26-39-40(42(48)31-41(39)47)30-29-36(45)25-21-6-4-2/h12-13,19,22,29-30,36-40,42,45-46,48H,3-11,14-18,20-21,23-28,31-35H2,1-2H3,(H,54,55)(H2,51,52,53)/b13-12-,22-19-,30-29+/t36-,37-,38+,39+,40+,42+/m0/s1. The first-order valence-electron chi connectivity index (χ1n) is 22.8. The molecule has 0 aromatic heterocycles. The third kappa shape index (κ3) is 31.7. The number of carbonyl (C=O) groups is 3. The number of allylic oxidation sites excluding steroid dienone is 4. The van der Waals surface area contributed by atoms with Crippen LogP contribution >= 0.6 is 15.6 Å². The molecule has 0 bridgehead atoms. The molecule has 16 nitrogen and oxygen atoms in total. The third-order valence-electron chi connectivity index (χ3n) is 10.4. The lowest BCUT2D eigenvalue weighted by atomic mass is 9.90. The van der Waals surface area contributed by atoms with E-state index in [1.807, 2.05) is 12.2 Å². The van der Waals surface area contributed by atoms with E-state index in [9.17, 15) is 43.7 Å². The molecule has 360 valence electrons. The Hall–Kier alpha value is -2.07. The van der Waals surface area contributed by atoms with Crippen molar-refractivity contribution in [1.29, 1.82) is 0 Å². The number of aliphatic hydroxyl groups excluding tert-OH is 3. The van der Waals surface area contributed by atoms with E-state index in [0.29, 0.717) is 32.1 Å². The molecule has 1 unspecified atom stereocenters. The Morgan fingerprint density at radius 3 is 1.90 bits per heavy atom. The smallest absolute Gasteiger partial charge is 0.462 e. The Labute approximate surface area is 369 Å². The molecule has 0 radical (unpaired) electrons. The molecule has 1 rings (SSSR count). The second kappa shape index (κ2) is 35.2. The molecule has 62 heavy (non-hydrogen) atoms. The van der Waals surface area contributed by atoms with Crippen LogP contribution in [0.15, 0.2) is 36.5 Å². The highest BCUT2D eigenvalue weighted by atomic mass is 31.2. The average Bonchev–Trinajstić information content (AvgIpc) is 3.49. The Morgan fingerprint density at radius 1 is 0.694 bits per heavy atom. The minimum absolute atomic E-state index is 0.0505. The van der Waals surface area contributed by atoms with E-state index in [-0.39, 0.29) is 25.0 Å². The number of hydrogen-bond acceptors (Lipinski definition) is 13. The molecule has 18 heteroatoms. The molecule has 0 aromatic carbocycles. The highest BCUT2D eigenvalue weighted by Gasteiger charge is 2.39. The summed E-state index contributed by atoms with van der Waals surface area (Å²) in [6, 6.07) is 0. The zero-order chi connectivity index (χ0) is 46.1. The quantitative estimate of drug-likeness (QED) is 0.0147. The lowest BCUT2D eigenvalue weighted by molar-refractivity contribution is -0.161. The van der Waals surface area contributed by atoms with Gasteiger partial charge in [-0.25, -0.2) is 9.13 Å². The van der Waals surface area contributed by atoms with Crippen LogP contribution in [0.25, 0.3) is 0 Å². The molecule has 0 spiro atoms. The maximum Gasteiger partial charge on any atom is 0.472 e. The number of esters is 2. The van der Waals surface area contributed by atoms with Crippen LogP contribution in [0.4, 0.5) is 0 Å². The molecule has 1 fully saturated rings. The van der Waals surface area contributed by atoms with Gasteiger partial charge in [0.2, 0.25) is 0 Å². The lowest BCUT2D eigenvalue weighted by Crippen LogP contribution is -2.29. The number of unbranched alkanes of at least 4 members (excludes halogenated alkanes) is 14. The Morgan fingerprint density at radius 2 is 1.24 bits per heavy atom. The van der Waals surface area contributed by atoms with Crippen LogP contribution in [0.5, 0.6) is 0 Å². The largest absolute Gasteiger partial charge is 0.472 e. The van der Waals surface area contributed by atoms with Gasteiger partial charge in [0.25, 0.3) is 0 Å². The van der Waals surface area contributed by atoms with Crippen molar-refractivity contribution in [1.82, 2.24) is 0 Å². The number of rotatable bonds is 39. The molecular formula is C44H78O16P2. The van der Waals surface area contributed by atoms with Crippen molar-refractivity contribution in [3.05, 3.63) is 36.5 Å². The minimum atomic E-state index is -4.90. The van der Waals surface area contributed by atoms with Gasteiger partial charge in [-0.15, -0.1) is 0 Å². The highest BCUT2D eigenvalue weighted by molar-refractivity contribution is 7.47. The zero-order valence-corrected chi connectivity index (χ0v) is 39.0. The van der Waals surface area contributed by atoms with Crippen LogP contribution in [-0.4, -0.2) is 98.6 Å². The van der Waals surface area contributed by atoms with Gasteiger partial charge in [-0.3, -0.25) is 28.0 Å². The van der Waals surface area contributed by atoms with E-state index in [1.54, 1.807) is 12.2 Å². The van der Waals surface area contributed by atoms with Gasteiger partial charge < -0.3 is 39.5 Å². The summed E-state index contributed by atoms with van der Waals surface area (Å²) in [5, 5.41) is 30.5. The Balaban J connectivity index is 2.58. The average molecular weight is 925 g/mol. The zero-order valence-electron chi connectivity index (χ0n) is 37.2. The van der Waals surface area contributed by atoms with Crippen LogP contribution in [0, 0.1) is 11.8 Å². The fourth-order valence-corrected chi connectivity index (χ4v) is 7.95. The molecular weight excluding hydrogens is 846 g/mol. The summed E-state index contributed by atoms with van der Waals surface area (Å²) in [7, 11) is -9.79. The van der Waals surface area contributed by atoms with Crippen LogP contribution < -0.4 is 0 Å². The Bertz CT molecular complexity index is 1400. The summed E-state index contributed by atoms with van der Waals surface area (Å²) in [5.41, 5.74) is 0. The van der Waals surface area contributed by atoms with Gasteiger partial charge in [-0.2, -0.15) is 0 Å². The van der Waals surface area contributed by atoms with Crippen molar-refractivity contribution in [2.24, 2.45) is 11.8 Å². The molecule has 0 aromatic rings. The predicted molar refractivity (Wildman–Crippen MR) is 236 cm³/mol. The number of aliphatic hydroxyl groups is 3. The van der Waals surface area contributed by atoms with Crippen molar-refractivity contribution in [3.8, 4) is 0 Å². The number of phosphoric acid groups is 2. The molecule has 1 saturated carbocycles. The van der Waals surface area contributed by atoms with Crippen molar-refractivity contribution >= 4 is 33.4 Å². The second-order valence-corrected chi connectivity index (χ2v) is 18.8. The molecule has 6 N–H and O–H groups in total. The van der Waals surface area contributed by atoms with Gasteiger partial charge in [0, 0.05) is 31.1 Å². The van der Waals surface area contributed by atoms with Crippen LogP contribution in [0.2, 0.25) is 0 Å². The molecule has 0 amide bonds. The molecule has 1 aliphatic rings. The lowest BCUT2D eigenvalue weighted by Gasteiger charge is -2.20. The van der Waals surface area contributed by atoms with Crippen LogP contribution in [0.3, 0.4) is 0 Å². The van der Waals surface area contributed by atoms with Crippen molar-refractivity contribution in [2.75, 3.05) is 26.4 Å². The highest BCUT2D eigenvalue weighted by Crippen LogP contribution is 2.44. The first kappa shape index (κ1) is 57.9. The fraction of sp³-hybridized carbons (Fsp3) is 0.795. The van der Waals surface area contributed by atoms with E-state index in [1.165, 1.54) is 38.5 Å². The molecule has 7 atom stereocenters. The van der Waals surface area contributed by atoms with Crippen molar-refractivity contribution in [3.63, 3.8) is 0 Å². The van der Waals surface area contributed by atoms with Gasteiger partial charge in [0.1, 0.15) is 18.5 Å². The number of Topliss-reactive ketones (excluding diaryl/α,β-unsaturated/α-hetero) is 1. The molecule has 1 aliphatic carbocycles. The fourth-order valence-electron chi connectivity index (χ4n) is 6.79. The predicted octanol–water partition coefficient (Wildman–Crippen LogP) is 8.26. The van der Waals surface area contributed by atoms with Crippen molar-refractivity contribution in [2.45, 2.75) is 186 Å². The summed E-state index contributed by atoms with van der Waals surface area (Å²) in [4.78, 5) is 65.5. The number of carbonyl (C=O) groups excluding carboxylic acids is 3. The van der Waals surface area contributed by atoms with Crippen molar-refractivity contribution < 1.29 is 76.6 Å². The maximum atomic E-state index is 12.8. The van der Waals surface area contributed by atoms with E-state index >= 15 is 0 Å². The molecule has 0 aliphatic heterocycles. The summed E-state index contributed by atoms with van der Waals surface area (Å²) in [5.74, 6) is -2.11. The first-order valence-corrected chi connectivity index (χ1v) is 25.8. The van der Waals surface area contributed by atoms with E-state index in [0.717, 1.165) is 57.8 Å². The van der Waals surface area contributed by atoms with Crippen LogP contribution in [-0.2, 0) is 46.6 Å². The number of ketones is 1. The number of phosphoric ester groups is 2. The molecule has 0 heterocycles. The number of hydrogen-bond donors (Lipinski definition) is 6. The summed E-state index contributed by atoms with van der Waals surface area (Å²) < 4.78 is 47.8. The summed E-state index contributed by atoms with van der Waals surface area (Å²) >= 11 is 0. The van der Waals surface area contributed by atoms with Gasteiger partial charge in [0.05, 0.1) is 32.0 Å². The summed E-state index contributed by atoms with van der Waals surface area (Å²) in [6.07, 6.45) is 26.4. The van der Waals surface area contributed by atoms with Gasteiger partial charge in [-0.1, -0.05) is 121 Å². The topological polar surface area (TPSA) is 253 Å². The Kier molecular flexibility index (Phi) is 32.9. The SMILES string of the molecule is CCCCCCCC/C=C\CCCCCCCC(=O)OC[C@H](COP(=O)(O)OC[C@@H](O)COP(=O)(O)O)OC(=O)CCC/C=C\C[C@H]1C(=O)C[C@@H](O)[C@@H]1/C=C/[C@@H](O)CCCCC. The van der Waals surface area contributed by atoms with Gasteiger partial charge >= 0.3 is 27.6 Å². The number of ether oxygens (including phenoxy) is 2. The van der Waals surface area contributed by atoms with Gasteiger partial charge in [0.15, 0.2) is 6.10 Å². The molecule has 0 saturated heterocycles. The first-order chi connectivity index (χ1) is 29.6. The van der Waals surface area contributed by atoms with E-state index in [4.69, 9.17) is 23.8 Å². The van der Waals surface area contributed by atoms with E-state index in [2.05, 4.69) is 35.0 Å². The maximum absolute atomic E-state index is 12.8. The normalized spacial score (nSPS) is 19.7. The third-order valence-corrected chi connectivity index (χ3v) is 11.8. The monoisotopic (exact) mass is 924 g/mol. The van der Waals surface area contributed by atoms with Gasteiger partial charge in [-0.05, 0) is 57.8 Å². The minimum Gasteiger partial charge on any atom is -0.462 e. The van der Waals surface area contributed by atoms with Crippen LogP contribution in [0.1, 0.15) is 162 Å². The second-order valence-electron chi connectivity index (χ2n) is 16.1. The summed E-state index contributed by atoms with van der Waals surface area (Å²) in [6.45, 7) is 1.33.